The van der Waals surface area contributed by atoms with E-state index in [0.717, 1.165) is 6.42 Å². The maximum absolute atomic E-state index is 11.5. The first-order valence-electron chi connectivity index (χ1n) is 10.1. The van der Waals surface area contributed by atoms with Crippen molar-refractivity contribution >= 4 is 5.97 Å². The first-order valence-corrected chi connectivity index (χ1v) is 10.1. The summed E-state index contributed by atoms with van der Waals surface area (Å²) in [6.07, 6.45) is 5.25. The molecule has 0 radical (unpaired) electrons. The number of carboxylic acids is 1. The van der Waals surface area contributed by atoms with Crippen LogP contribution in [-0.4, -0.2) is 11.1 Å². The van der Waals surface area contributed by atoms with Gasteiger partial charge in [0, 0.05) is 5.57 Å². The highest BCUT2D eigenvalue weighted by molar-refractivity contribution is 5.85. The van der Waals surface area contributed by atoms with Gasteiger partial charge in [-0.05, 0) is 59.2 Å². The second-order valence-electron chi connectivity index (χ2n) is 11.6. The van der Waals surface area contributed by atoms with Crippen LogP contribution in [0.3, 0.4) is 0 Å². The zero-order chi connectivity index (χ0) is 20.7. The Bertz CT molecular complexity index is 548. The molecule has 1 rings (SSSR count). The third kappa shape index (κ3) is 5.02. The van der Waals surface area contributed by atoms with Crippen LogP contribution >= 0.6 is 0 Å². The second-order valence-corrected chi connectivity index (χ2v) is 11.6. The first kappa shape index (κ1) is 23.0. The largest absolute Gasteiger partial charge is 0.478 e. The van der Waals surface area contributed by atoms with Gasteiger partial charge in [-0.2, -0.15) is 0 Å². The highest BCUT2D eigenvalue weighted by Gasteiger charge is 2.53. The highest BCUT2D eigenvalue weighted by Crippen LogP contribution is 2.59. The number of hydrogen-bond donors (Lipinski definition) is 1. The molecule has 1 fully saturated rings. The standard InChI is InChI=1S/C24H42O2/c1-12-17-19(23(6,7)8)16(13-15(2)21(25)26)14-18(22(3,4)5)20(17)24(9,10)11/h12-13,16-20H,1,14H2,2-11H3,(H,25,26). The molecule has 2 heteroatoms. The molecular weight excluding hydrogens is 320 g/mol. The molecule has 150 valence electrons. The molecule has 0 aliphatic heterocycles. The predicted molar refractivity (Wildman–Crippen MR) is 112 cm³/mol. The SMILES string of the molecule is C=CC1C(C(C)(C)C)C(C=C(C)C(=O)O)CC(C(C)(C)C)C1C(C)(C)C. The van der Waals surface area contributed by atoms with E-state index >= 15 is 0 Å². The first-order chi connectivity index (χ1) is 11.5. The van der Waals surface area contributed by atoms with Crippen molar-refractivity contribution in [2.45, 2.75) is 75.7 Å². The fourth-order valence-electron chi connectivity index (χ4n) is 5.51. The normalized spacial score (nSPS) is 31.6. The Morgan fingerprint density at radius 2 is 1.38 bits per heavy atom. The van der Waals surface area contributed by atoms with Gasteiger partial charge in [0.05, 0.1) is 0 Å². The fraction of sp³-hybridized carbons (Fsp3) is 0.792. The average molecular weight is 363 g/mol. The zero-order valence-electron chi connectivity index (χ0n) is 18.8. The van der Waals surface area contributed by atoms with Gasteiger partial charge in [0.15, 0.2) is 0 Å². The quantitative estimate of drug-likeness (QED) is 0.441. The third-order valence-corrected chi connectivity index (χ3v) is 6.44. The van der Waals surface area contributed by atoms with Crippen LogP contribution in [0.1, 0.15) is 75.7 Å². The Morgan fingerprint density at radius 3 is 1.69 bits per heavy atom. The van der Waals surface area contributed by atoms with Crippen molar-refractivity contribution in [3.05, 3.63) is 24.3 Å². The minimum absolute atomic E-state index is 0.0885. The van der Waals surface area contributed by atoms with Crippen LogP contribution in [0.4, 0.5) is 0 Å². The summed E-state index contributed by atoms with van der Waals surface area (Å²) in [5.74, 6) is 1.26. The predicted octanol–water partition coefficient (Wildman–Crippen LogP) is 6.83. The van der Waals surface area contributed by atoms with Gasteiger partial charge in [0.1, 0.15) is 0 Å². The van der Waals surface area contributed by atoms with Crippen LogP contribution in [0.25, 0.3) is 0 Å². The molecule has 26 heavy (non-hydrogen) atoms. The van der Waals surface area contributed by atoms with Gasteiger partial charge in [-0.15, -0.1) is 6.58 Å². The molecule has 0 aromatic rings. The van der Waals surface area contributed by atoms with Crippen LogP contribution in [-0.2, 0) is 4.79 Å². The van der Waals surface area contributed by atoms with Crippen molar-refractivity contribution in [2.75, 3.05) is 0 Å². The maximum atomic E-state index is 11.5. The lowest BCUT2D eigenvalue weighted by Crippen LogP contribution is -2.51. The Morgan fingerprint density at radius 1 is 0.923 bits per heavy atom. The van der Waals surface area contributed by atoms with Gasteiger partial charge in [0.2, 0.25) is 0 Å². The summed E-state index contributed by atoms with van der Waals surface area (Å²) < 4.78 is 0. The van der Waals surface area contributed by atoms with E-state index in [4.69, 9.17) is 0 Å². The van der Waals surface area contributed by atoms with E-state index in [1.807, 2.05) is 6.08 Å². The summed E-state index contributed by atoms with van der Waals surface area (Å²) in [5.41, 5.74) is 0.904. The van der Waals surface area contributed by atoms with Gasteiger partial charge < -0.3 is 5.11 Å². The van der Waals surface area contributed by atoms with Crippen molar-refractivity contribution < 1.29 is 9.90 Å². The molecule has 0 aromatic heterocycles. The molecule has 0 amide bonds. The van der Waals surface area contributed by atoms with E-state index in [0.29, 0.717) is 29.2 Å². The highest BCUT2D eigenvalue weighted by atomic mass is 16.4. The molecular formula is C24H42O2. The number of carboxylic acid groups (broad SMARTS) is 1. The summed E-state index contributed by atoms with van der Waals surface area (Å²) in [7, 11) is 0. The summed E-state index contributed by atoms with van der Waals surface area (Å²) >= 11 is 0. The van der Waals surface area contributed by atoms with Crippen molar-refractivity contribution in [3.8, 4) is 0 Å². The molecule has 0 bridgehead atoms. The van der Waals surface area contributed by atoms with E-state index in [1.165, 1.54) is 0 Å². The number of aliphatic carboxylic acids is 1. The summed E-state index contributed by atoms with van der Waals surface area (Å²) in [4.78, 5) is 11.5. The van der Waals surface area contributed by atoms with Crippen LogP contribution in [0.2, 0.25) is 0 Å². The van der Waals surface area contributed by atoms with Gasteiger partial charge in [0.25, 0.3) is 0 Å². The van der Waals surface area contributed by atoms with Crippen molar-refractivity contribution in [2.24, 2.45) is 45.8 Å². The molecule has 0 heterocycles. The molecule has 0 aromatic carbocycles. The number of rotatable bonds is 3. The van der Waals surface area contributed by atoms with Crippen molar-refractivity contribution in [1.29, 1.82) is 0 Å². The maximum Gasteiger partial charge on any atom is 0.330 e. The Kier molecular flexibility index (Phi) is 6.65. The minimum Gasteiger partial charge on any atom is -0.478 e. The van der Waals surface area contributed by atoms with Crippen molar-refractivity contribution in [3.63, 3.8) is 0 Å². The lowest BCUT2D eigenvalue weighted by molar-refractivity contribution is -0.132. The molecule has 1 saturated carbocycles. The molecule has 1 aliphatic carbocycles. The monoisotopic (exact) mass is 362 g/mol. The van der Waals surface area contributed by atoms with E-state index in [1.54, 1.807) is 6.92 Å². The third-order valence-electron chi connectivity index (χ3n) is 6.44. The van der Waals surface area contributed by atoms with E-state index in [9.17, 15) is 9.90 Å². The summed E-state index contributed by atoms with van der Waals surface area (Å²) in [6.45, 7) is 26.9. The Labute approximate surface area is 162 Å². The van der Waals surface area contributed by atoms with Gasteiger partial charge >= 0.3 is 5.97 Å². The Balaban J connectivity index is 3.61. The van der Waals surface area contributed by atoms with Crippen LogP contribution in [0.15, 0.2) is 24.3 Å². The number of allylic oxidation sites excluding steroid dienone is 2. The van der Waals surface area contributed by atoms with Crippen molar-refractivity contribution in [1.82, 2.24) is 0 Å². The molecule has 0 saturated heterocycles. The molecule has 2 nitrogen and oxygen atoms in total. The average Bonchev–Trinajstić information content (AvgIpc) is 2.42. The summed E-state index contributed by atoms with van der Waals surface area (Å²) in [5, 5.41) is 9.44. The van der Waals surface area contributed by atoms with Gasteiger partial charge in [-0.25, -0.2) is 4.79 Å². The molecule has 1 aliphatic rings. The fourth-order valence-corrected chi connectivity index (χ4v) is 5.51. The van der Waals surface area contributed by atoms with E-state index < -0.39 is 5.97 Å². The lowest BCUT2D eigenvalue weighted by atomic mass is 9.47. The van der Waals surface area contributed by atoms with Gasteiger partial charge in [-0.1, -0.05) is 74.5 Å². The van der Waals surface area contributed by atoms with E-state index in [2.05, 4.69) is 75.0 Å². The molecule has 1 N–H and O–H groups in total. The van der Waals surface area contributed by atoms with E-state index in [-0.39, 0.29) is 22.2 Å². The lowest BCUT2D eigenvalue weighted by Gasteiger charge is -2.58. The second kappa shape index (κ2) is 7.52. The topological polar surface area (TPSA) is 37.3 Å². The number of carbonyl (C=O) groups is 1. The van der Waals surface area contributed by atoms with Crippen LogP contribution in [0.5, 0.6) is 0 Å². The molecule has 5 atom stereocenters. The molecule has 0 spiro atoms. The van der Waals surface area contributed by atoms with Crippen LogP contribution < -0.4 is 0 Å². The summed E-state index contributed by atoms with van der Waals surface area (Å²) in [6, 6.07) is 0. The van der Waals surface area contributed by atoms with Crippen LogP contribution in [0, 0.1) is 45.8 Å². The zero-order valence-corrected chi connectivity index (χ0v) is 18.8. The Hall–Kier alpha value is -1.05. The van der Waals surface area contributed by atoms with Gasteiger partial charge in [-0.3, -0.25) is 0 Å². The smallest absolute Gasteiger partial charge is 0.330 e. The molecule has 5 unspecified atom stereocenters. The minimum atomic E-state index is -0.807. The number of hydrogen-bond acceptors (Lipinski definition) is 1.